The van der Waals surface area contributed by atoms with E-state index in [-0.39, 0.29) is 29.9 Å². The van der Waals surface area contributed by atoms with E-state index in [1.54, 1.807) is 18.2 Å². The van der Waals surface area contributed by atoms with E-state index >= 15 is 0 Å². The molecule has 2 heterocycles. The number of hydrogen-bond acceptors (Lipinski definition) is 8. The number of aromatic nitrogens is 2. The fourth-order valence-corrected chi connectivity index (χ4v) is 6.61. The van der Waals surface area contributed by atoms with E-state index in [1.807, 2.05) is 48.5 Å². The number of aldehydes is 1. The summed E-state index contributed by atoms with van der Waals surface area (Å²) < 4.78 is 17.5. The van der Waals surface area contributed by atoms with E-state index < -0.39 is 0 Å². The number of carbonyl (C=O) groups is 3. The van der Waals surface area contributed by atoms with Gasteiger partial charge in [-0.05, 0) is 61.6 Å². The van der Waals surface area contributed by atoms with Crippen LogP contribution in [0.3, 0.4) is 0 Å². The first-order valence-electron chi connectivity index (χ1n) is 15.3. The fraction of sp³-hybridized carbons (Fsp3) is 0.455. The van der Waals surface area contributed by atoms with Crippen molar-refractivity contribution >= 4 is 24.1 Å². The molecule has 3 unspecified atom stereocenters. The van der Waals surface area contributed by atoms with Gasteiger partial charge in [-0.2, -0.15) is 5.10 Å². The zero-order valence-electron chi connectivity index (χ0n) is 25.2. The normalized spacial score (nSPS) is 21.5. The number of hydrazine groups is 1. The summed E-state index contributed by atoms with van der Waals surface area (Å²) in [5.41, 5.74) is 3.99. The number of ether oxygens (including phenoxy) is 3. The summed E-state index contributed by atoms with van der Waals surface area (Å²) in [7, 11) is 3.50. The Hall–Kier alpha value is -4.38. The number of carbonyl (C=O) groups excluding carboxylic acids is 3. The maximum atomic E-state index is 13.4. The van der Waals surface area contributed by atoms with Gasteiger partial charge in [-0.1, -0.05) is 30.3 Å². The number of hydrogen-bond donors (Lipinski definition) is 2. The minimum atomic E-state index is -0.384. The molecule has 1 saturated carbocycles. The van der Waals surface area contributed by atoms with Gasteiger partial charge in [-0.25, -0.2) is 14.8 Å². The molecule has 11 nitrogen and oxygen atoms in total. The number of rotatable bonds is 9. The lowest BCUT2D eigenvalue weighted by molar-refractivity contribution is -0.119. The lowest BCUT2D eigenvalue weighted by Crippen LogP contribution is -2.49. The second-order valence-electron chi connectivity index (χ2n) is 11.9. The summed E-state index contributed by atoms with van der Waals surface area (Å²) in [4.78, 5) is 38.3. The van der Waals surface area contributed by atoms with Gasteiger partial charge in [0.25, 0.3) is 0 Å². The van der Waals surface area contributed by atoms with Gasteiger partial charge in [0.2, 0.25) is 5.91 Å². The first kappa shape index (κ1) is 29.7. The van der Waals surface area contributed by atoms with E-state index in [0.29, 0.717) is 55.3 Å². The van der Waals surface area contributed by atoms with Crippen LogP contribution in [0.15, 0.2) is 42.5 Å². The summed E-state index contributed by atoms with van der Waals surface area (Å²) in [6.07, 6.45) is 5.64. The molecule has 44 heavy (non-hydrogen) atoms. The Kier molecular flexibility index (Phi) is 8.83. The Morgan fingerprint density at radius 1 is 1.07 bits per heavy atom. The lowest BCUT2D eigenvalue weighted by Gasteiger charge is -2.35. The van der Waals surface area contributed by atoms with Crippen LogP contribution in [0.2, 0.25) is 0 Å². The number of benzene rings is 2. The van der Waals surface area contributed by atoms with Crippen molar-refractivity contribution in [3.8, 4) is 11.5 Å². The minimum Gasteiger partial charge on any atom is -0.496 e. The highest BCUT2D eigenvalue weighted by molar-refractivity contribution is 5.94. The molecule has 0 bridgehead atoms. The smallest absolute Gasteiger partial charge is 0.424 e. The number of H-pyrrole nitrogens is 1. The molecule has 2 N–H and O–H groups in total. The number of methoxy groups -OCH3 is 1. The van der Waals surface area contributed by atoms with Gasteiger partial charge in [-0.15, -0.1) is 0 Å². The summed E-state index contributed by atoms with van der Waals surface area (Å²) in [6, 6.07) is 13.3. The monoisotopic (exact) mass is 601 g/mol. The molecule has 0 spiro atoms. The summed E-state index contributed by atoms with van der Waals surface area (Å²) in [6.45, 7) is 1.86. The van der Waals surface area contributed by atoms with E-state index in [0.717, 1.165) is 60.9 Å². The van der Waals surface area contributed by atoms with Crippen LogP contribution < -0.4 is 14.8 Å². The summed E-state index contributed by atoms with van der Waals surface area (Å²) >= 11 is 0. The molecule has 11 heteroatoms. The third kappa shape index (κ3) is 6.28. The van der Waals surface area contributed by atoms with Crippen molar-refractivity contribution in [1.29, 1.82) is 0 Å². The highest BCUT2D eigenvalue weighted by Gasteiger charge is 2.35. The Balaban J connectivity index is 1.06. The van der Waals surface area contributed by atoms with Gasteiger partial charge in [0.15, 0.2) is 12.1 Å². The Morgan fingerprint density at radius 2 is 1.86 bits per heavy atom. The van der Waals surface area contributed by atoms with Crippen LogP contribution in [-0.4, -0.2) is 71.9 Å². The molecule has 0 radical (unpaired) electrons. The SMILES string of the molecule is COc1cc(OCc2ccccc2)c(C=O)c2c1CC(C(=O)Nc1cc(C3CCC(OC(=O)N4CCCCN4C)C3)[nH]n1)C2. The third-order valence-corrected chi connectivity index (χ3v) is 9.03. The largest absolute Gasteiger partial charge is 0.496 e. The van der Waals surface area contributed by atoms with Gasteiger partial charge < -0.3 is 19.5 Å². The number of nitrogens with zero attached hydrogens (tertiary/aromatic N) is 3. The van der Waals surface area contributed by atoms with Crippen LogP contribution in [0.5, 0.6) is 11.5 Å². The van der Waals surface area contributed by atoms with Crippen molar-refractivity contribution in [3.05, 3.63) is 70.4 Å². The van der Waals surface area contributed by atoms with Crippen molar-refractivity contribution in [2.45, 2.75) is 63.6 Å². The number of fused-ring (bicyclic) bond motifs is 1. The fourth-order valence-electron chi connectivity index (χ4n) is 6.61. The average molecular weight is 602 g/mol. The molecule has 1 aliphatic heterocycles. The zero-order valence-corrected chi connectivity index (χ0v) is 25.2. The number of anilines is 1. The van der Waals surface area contributed by atoms with E-state index in [4.69, 9.17) is 14.2 Å². The lowest BCUT2D eigenvalue weighted by atomic mass is 10.0. The van der Waals surface area contributed by atoms with Crippen LogP contribution in [0, 0.1) is 5.92 Å². The molecule has 1 saturated heterocycles. The molecule has 232 valence electrons. The van der Waals surface area contributed by atoms with Gasteiger partial charge in [0.05, 0.1) is 12.7 Å². The predicted molar refractivity (Wildman–Crippen MR) is 163 cm³/mol. The maximum Gasteiger partial charge on any atom is 0.424 e. The van der Waals surface area contributed by atoms with Crippen molar-refractivity contribution in [1.82, 2.24) is 20.2 Å². The second kappa shape index (κ2) is 13.1. The van der Waals surface area contributed by atoms with Crippen LogP contribution in [0.4, 0.5) is 10.6 Å². The van der Waals surface area contributed by atoms with Crippen LogP contribution in [-0.2, 0) is 29.0 Å². The molecule has 3 atom stereocenters. The quantitative estimate of drug-likeness (QED) is 0.333. The van der Waals surface area contributed by atoms with Gasteiger partial charge in [0, 0.05) is 49.8 Å². The van der Waals surface area contributed by atoms with Crippen LogP contribution >= 0.6 is 0 Å². The van der Waals surface area contributed by atoms with Crippen molar-refractivity contribution in [2.24, 2.45) is 5.92 Å². The molecule has 3 aliphatic rings. The molecule has 2 aliphatic carbocycles. The summed E-state index contributed by atoms with van der Waals surface area (Å²) in [5, 5.41) is 14.0. The standard InChI is InChI=1S/C33H39N5O6/c1-37-12-6-7-13-38(37)33(41)44-24-11-10-22(14-24)28-17-31(36-35-28)34-32(40)23-15-25-26(16-23)29(42-2)18-30(27(25)19-39)43-20-21-8-4-3-5-9-21/h3-5,8-9,17-19,22-24H,6-7,10-16,20H2,1-2H3,(H2,34,35,36,40). The Morgan fingerprint density at radius 3 is 2.64 bits per heavy atom. The molecule has 6 rings (SSSR count). The molecule has 3 aromatic rings. The topological polar surface area (TPSA) is 126 Å². The highest BCUT2D eigenvalue weighted by Crippen LogP contribution is 2.41. The number of amides is 2. The Bertz CT molecular complexity index is 1510. The first-order chi connectivity index (χ1) is 21.4. The molecular weight excluding hydrogens is 562 g/mol. The van der Waals surface area contributed by atoms with Gasteiger partial charge in [-0.3, -0.25) is 14.7 Å². The van der Waals surface area contributed by atoms with Crippen LogP contribution in [0.1, 0.15) is 70.8 Å². The zero-order chi connectivity index (χ0) is 30.6. The Labute approximate surface area is 256 Å². The summed E-state index contributed by atoms with van der Waals surface area (Å²) in [5.74, 6) is 1.11. The van der Waals surface area contributed by atoms with Crippen molar-refractivity contribution in [3.63, 3.8) is 0 Å². The molecule has 2 aromatic carbocycles. The number of nitrogens with one attached hydrogen (secondary N) is 2. The maximum absolute atomic E-state index is 13.4. The highest BCUT2D eigenvalue weighted by atomic mass is 16.6. The van der Waals surface area contributed by atoms with Crippen molar-refractivity contribution in [2.75, 3.05) is 32.6 Å². The van der Waals surface area contributed by atoms with Gasteiger partial charge >= 0.3 is 6.09 Å². The van der Waals surface area contributed by atoms with Crippen LogP contribution in [0.25, 0.3) is 0 Å². The van der Waals surface area contributed by atoms with E-state index in [9.17, 15) is 14.4 Å². The molecular formula is C33H39N5O6. The van der Waals surface area contributed by atoms with E-state index in [2.05, 4.69) is 15.5 Å². The minimum absolute atomic E-state index is 0.148. The predicted octanol–water partition coefficient (Wildman–Crippen LogP) is 4.88. The molecule has 2 amide bonds. The molecule has 1 aromatic heterocycles. The van der Waals surface area contributed by atoms with Crippen molar-refractivity contribution < 1.29 is 28.6 Å². The average Bonchev–Trinajstić information content (AvgIpc) is 3.80. The third-order valence-electron chi connectivity index (χ3n) is 9.03. The second-order valence-corrected chi connectivity index (χ2v) is 11.9. The number of aromatic amines is 1. The first-order valence-corrected chi connectivity index (χ1v) is 15.3. The van der Waals surface area contributed by atoms with Gasteiger partial charge in [0.1, 0.15) is 24.2 Å². The molecule has 2 fully saturated rings. The van der Waals surface area contributed by atoms with E-state index in [1.165, 1.54) is 0 Å².